The molecule has 0 spiro atoms. The van der Waals surface area contributed by atoms with Gasteiger partial charge < -0.3 is 14.5 Å². The summed E-state index contributed by atoms with van der Waals surface area (Å²) in [5.41, 5.74) is 2.79. The van der Waals surface area contributed by atoms with Crippen LogP contribution in [-0.4, -0.2) is 47.9 Å². The Hall–Kier alpha value is -3.12. The minimum absolute atomic E-state index is 0.0129. The second-order valence-corrected chi connectivity index (χ2v) is 10.2. The molecule has 2 aromatic carbocycles. The highest BCUT2D eigenvalue weighted by molar-refractivity contribution is 7.10. The third-order valence-corrected chi connectivity index (χ3v) is 7.73. The molecule has 2 heterocycles. The summed E-state index contributed by atoms with van der Waals surface area (Å²) in [5, 5.41) is 2.09. The van der Waals surface area contributed by atoms with Crippen LogP contribution < -0.4 is 4.74 Å². The topological polar surface area (TPSA) is 49.9 Å². The molecule has 6 heteroatoms. The van der Waals surface area contributed by atoms with Gasteiger partial charge in [-0.3, -0.25) is 9.59 Å². The third kappa shape index (κ3) is 5.02. The van der Waals surface area contributed by atoms with Crippen LogP contribution in [-0.2, 0) is 11.2 Å². The van der Waals surface area contributed by atoms with E-state index in [-0.39, 0.29) is 24.4 Å². The van der Waals surface area contributed by atoms with Crippen molar-refractivity contribution in [1.29, 1.82) is 0 Å². The van der Waals surface area contributed by atoms with Gasteiger partial charge in [-0.15, -0.1) is 11.3 Å². The van der Waals surface area contributed by atoms with Crippen molar-refractivity contribution in [2.75, 3.05) is 26.2 Å². The number of ether oxygens (including phenoxy) is 1. The fourth-order valence-electron chi connectivity index (χ4n) is 4.64. The summed E-state index contributed by atoms with van der Waals surface area (Å²) in [7, 11) is 0. The zero-order valence-electron chi connectivity index (χ0n) is 19.5. The first-order valence-corrected chi connectivity index (χ1v) is 12.9. The van der Waals surface area contributed by atoms with Crippen molar-refractivity contribution in [3.8, 4) is 5.75 Å². The van der Waals surface area contributed by atoms with Crippen LogP contribution in [0.15, 0.2) is 66.0 Å². The van der Waals surface area contributed by atoms with E-state index in [1.807, 2.05) is 66.4 Å². The number of carbonyl (C=O) groups excluding carboxylic acids is 2. The average molecular weight is 475 g/mol. The molecule has 0 radical (unpaired) electrons. The van der Waals surface area contributed by atoms with Gasteiger partial charge in [-0.25, -0.2) is 0 Å². The zero-order valence-corrected chi connectivity index (χ0v) is 20.3. The molecule has 5 nitrogen and oxygen atoms in total. The monoisotopic (exact) mass is 474 g/mol. The van der Waals surface area contributed by atoms with Crippen molar-refractivity contribution < 1.29 is 14.3 Å². The third-order valence-electron chi connectivity index (χ3n) is 6.73. The molecule has 1 saturated carbocycles. The molecule has 1 fully saturated rings. The molecular weight excluding hydrogens is 444 g/mol. The Morgan fingerprint density at radius 2 is 1.82 bits per heavy atom. The lowest BCUT2D eigenvalue weighted by molar-refractivity contribution is -0.135. The second kappa shape index (κ2) is 10.0. The van der Waals surface area contributed by atoms with Crippen molar-refractivity contribution in [3.63, 3.8) is 0 Å². The molecule has 0 bridgehead atoms. The molecule has 1 aromatic heterocycles. The highest BCUT2D eigenvalue weighted by Crippen LogP contribution is 2.35. The summed E-state index contributed by atoms with van der Waals surface area (Å²) in [6, 6.07) is 19.3. The summed E-state index contributed by atoms with van der Waals surface area (Å²) in [6.07, 6.45) is 3.09. The van der Waals surface area contributed by atoms with E-state index < -0.39 is 0 Å². The van der Waals surface area contributed by atoms with E-state index in [9.17, 15) is 9.59 Å². The molecule has 2 amide bonds. The molecule has 3 aromatic rings. The molecule has 1 atom stereocenters. The maximum absolute atomic E-state index is 13.7. The van der Waals surface area contributed by atoms with Gasteiger partial charge in [0.05, 0.1) is 6.04 Å². The van der Waals surface area contributed by atoms with Crippen molar-refractivity contribution in [2.45, 2.75) is 32.2 Å². The maximum Gasteiger partial charge on any atom is 0.254 e. The average Bonchev–Trinajstić information content (AvgIpc) is 3.54. The normalized spacial score (nSPS) is 17.2. The molecule has 2 aliphatic rings. The number of aryl methyl sites for hydroxylation is 1. The van der Waals surface area contributed by atoms with E-state index in [1.165, 1.54) is 10.4 Å². The predicted octanol–water partition coefficient (Wildman–Crippen LogP) is 5.11. The number of hydrogen-bond acceptors (Lipinski definition) is 4. The molecule has 0 N–H and O–H groups in total. The maximum atomic E-state index is 13.7. The predicted molar refractivity (Wildman–Crippen MR) is 134 cm³/mol. The lowest BCUT2D eigenvalue weighted by Gasteiger charge is -2.37. The van der Waals surface area contributed by atoms with Gasteiger partial charge >= 0.3 is 0 Å². The van der Waals surface area contributed by atoms with Crippen LogP contribution in [0, 0.1) is 12.8 Å². The highest BCUT2D eigenvalue weighted by atomic mass is 32.1. The number of rotatable bonds is 8. The lowest BCUT2D eigenvalue weighted by atomic mass is 10.00. The van der Waals surface area contributed by atoms with Crippen LogP contribution in [0.2, 0.25) is 0 Å². The van der Waals surface area contributed by atoms with E-state index in [0.29, 0.717) is 31.2 Å². The Bertz CT molecular complexity index is 1160. The second-order valence-electron chi connectivity index (χ2n) is 9.22. The zero-order chi connectivity index (χ0) is 23.5. The Labute approximate surface area is 205 Å². The number of benzene rings is 2. The quantitative estimate of drug-likeness (QED) is 0.456. The molecular formula is C28H30N2O3S. The van der Waals surface area contributed by atoms with E-state index in [1.54, 1.807) is 16.2 Å². The van der Waals surface area contributed by atoms with Crippen molar-refractivity contribution in [3.05, 3.63) is 87.6 Å². The minimum Gasteiger partial charge on any atom is -0.491 e. The number of amides is 2. The molecule has 1 aliphatic heterocycles. The molecule has 1 aliphatic carbocycles. The molecule has 0 unspecified atom stereocenters. The summed E-state index contributed by atoms with van der Waals surface area (Å²) in [6.45, 7) is 3.73. The summed E-state index contributed by atoms with van der Waals surface area (Å²) in [4.78, 5) is 32.1. The van der Waals surface area contributed by atoms with Crippen molar-refractivity contribution in [2.24, 2.45) is 5.92 Å². The Morgan fingerprint density at radius 1 is 1.06 bits per heavy atom. The van der Waals surface area contributed by atoms with Crippen LogP contribution in [0.1, 0.15) is 45.2 Å². The number of hydrogen-bond donors (Lipinski definition) is 0. The van der Waals surface area contributed by atoms with Crippen LogP contribution in [0.25, 0.3) is 0 Å². The Morgan fingerprint density at radius 3 is 2.59 bits per heavy atom. The van der Waals surface area contributed by atoms with Gasteiger partial charge in [0, 0.05) is 23.5 Å². The summed E-state index contributed by atoms with van der Waals surface area (Å²) < 4.78 is 6.09. The van der Waals surface area contributed by atoms with Crippen LogP contribution in [0.4, 0.5) is 0 Å². The smallest absolute Gasteiger partial charge is 0.254 e. The van der Waals surface area contributed by atoms with E-state index in [0.717, 1.165) is 30.6 Å². The number of carbonyl (C=O) groups is 2. The standard InChI is InChI=1S/C28H30N2O3S/c1-20-7-5-6-10-23(20)28(32)29(17-21-11-12-21)18-27(31)30-15-13-26-24(14-16-34-26)25(30)19-33-22-8-3-2-4-9-22/h2-10,14,16,21,25H,11-13,15,17-19H2,1H3/t25-/m1/s1. The van der Waals surface area contributed by atoms with Gasteiger partial charge in [-0.1, -0.05) is 36.4 Å². The number of thiophene rings is 1. The minimum atomic E-state index is -0.154. The van der Waals surface area contributed by atoms with Gasteiger partial charge in [0.15, 0.2) is 0 Å². The number of para-hydroxylation sites is 1. The Balaban J connectivity index is 1.35. The summed E-state index contributed by atoms with van der Waals surface area (Å²) in [5.74, 6) is 1.23. The van der Waals surface area contributed by atoms with E-state index >= 15 is 0 Å². The molecule has 34 heavy (non-hydrogen) atoms. The highest BCUT2D eigenvalue weighted by Gasteiger charge is 2.35. The first-order valence-electron chi connectivity index (χ1n) is 12.0. The van der Waals surface area contributed by atoms with Crippen LogP contribution >= 0.6 is 11.3 Å². The van der Waals surface area contributed by atoms with Gasteiger partial charge in [0.2, 0.25) is 5.91 Å². The number of nitrogens with zero attached hydrogens (tertiary/aromatic N) is 2. The van der Waals surface area contributed by atoms with Crippen molar-refractivity contribution >= 4 is 23.2 Å². The summed E-state index contributed by atoms with van der Waals surface area (Å²) >= 11 is 1.74. The largest absolute Gasteiger partial charge is 0.491 e. The fraction of sp³-hybridized carbons (Fsp3) is 0.357. The van der Waals surface area contributed by atoms with Gasteiger partial charge in [-0.05, 0) is 72.9 Å². The molecule has 5 rings (SSSR count). The van der Waals surface area contributed by atoms with E-state index in [4.69, 9.17) is 4.74 Å². The van der Waals surface area contributed by atoms with Gasteiger partial charge in [-0.2, -0.15) is 0 Å². The van der Waals surface area contributed by atoms with Gasteiger partial charge in [0.1, 0.15) is 18.9 Å². The first-order chi connectivity index (χ1) is 16.6. The molecule has 0 saturated heterocycles. The Kier molecular flexibility index (Phi) is 6.68. The van der Waals surface area contributed by atoms with Gasteiger partial charge in [0.25, 0.3) is 5.91 Å². The SMILES string of the molecule is Cc1ccccc1C(=O)N(CC(=O)N1CCc2sccc2[C@H]1COc1ccccc1)CC1CC1. The van der Waals surface area contributed by atoms with Crippen molar-refractivity contribution in [1.82, 2.24) is 9.80 Å². The number of fused-ring (bicyclic) bond motifs is 1. The van der Waals surface area contributed by atoms with Crippen LogP contribution in [0.5, 0.6) is 5.75 Å². The lowest BCUT2D eigenvalue weighted by Crippen LogP contribution is -2.48. The van der Waals surface area contributed by atoms with E-state index in [2.05, 4.69) is 11.4 Å². The van der Waals surface area contributed by atoms with Crippen LogP contribution in [0.3, 0.4) is 0 Å². The first kappa shape index (κ1) is 22.7. The molecule has 176 valence electrons. The fourth-order valence-corrected chi connectivity index (χ4v) is 5.56.